The second-order valence-electron chi connectivity index (χ2n) is 5.56. The maximum absolute atomic E-state index is 12.1. The third kappa shape index (κ3) is 4.47. The van der Waals surface area contributed by atoms with Crippen molar-refractivity contribution in [2.24, 2.45) is 17.1 Å². The first-order chi connectivity index (χ1) is 7.52. The van der Waals surface area contributed by atoms with Crippen LogP contribution in [0.3, 0.4) is 0 Å². The number of halogens is 1. The van der Waals surface area contributed by atoms with E-state index in [-0.39, 0.29) is 24.2 Å². The molecule has 1 amide bonds. The van der Waals surface area contributed by atoms with Gasteiger partial charge in [0.1, 0.15) is 0 Å². The molecular formula is C13H27ClN2O. The van der Waals surface area contributed by atoms with Crippen LogP contribution in [0.5, 0.6) is 0 Å². The van der Waals surface area contributed by atoms with E-state index in [1.807, 2.05) is 11.8 Å². The minimum absolute atomic E-state index is 0. The molecule has 0 aromatic carbocycles. The maximum Gasteiger partial charge on any atom is 0.226 e. The molecule has 2 atom stereocenters. The van der Waals surface area contributed by atoms with Crippen LogP contribution in [0.1, 0.15) is 46.5 Å². The Balaban J connectivity index is 0.00000256. The van der Waals surface area contributed by atoms with Gasteiger partial charge in [-0.15, -0.1) is 12.4 Å². The summed E-state index contributed by atoms with van der Waals surface area (Å²) in [4.78, 5) is 14.1. The number of hydrogen-bond donors (Lipinski definition) is 1. The Kier molecular flexibility index (Phi) is 7.10. The molecule has 0 spiro atoms. The SMILES string of the molecule is CCCC1(C)CCCN(C(=O)C(C)CN)C1.Cl. The number of carbonyl (C=O) groups excluding carboxylic acids is 1. The van der Waals surface area contributed by atoms with E-state index in [4.69, 9.17) is 5.73 Å². The van der Waals surface area contributed by atoms with Crippen molar-refractivity contribution in [3.8, 4) is 0 Å². The molecule has 0 aromatic heterocycles. The molecule has 1 fully saturated rings. The van der Waals surface area contributed by atoms with Gasteiger partial charge in [0.2, 0.25) is 5.91 Å². The Hall–Kier alpha value is -0.280. The average molecular weight is 263 g/mol. The highest BCUT2D eigenvalue weighted by molar-refractivity contribution is 5.85. The van der Waals surface area contributed by atoms with Crippen LogP contribution in [0, 0.1) is 11.3 Å². The number of nitrogens with zero attached hydrogens (tertiary/aromatic N) is 1. The molecule has 0 aromatic rings. The van der Waals surface area contributed by atoms with Crippen LogP contribution in [0.15, 0.2) is 0 Å². The largest absolute Gasteiger partial charge is 0.342 e. The summed E-state index contributed by atoms with van der Waals surface area (Å²) in [5.41, 5.74) is 5.89. The van der Waals surface area contributed by atoms with Crippen LogP contribution in [0.4, 0.5) is 0 Å². The Labute approximate surface area is 112 Å². The van der Waals surface area contributed by atoms with Crippen LogP contribution in [0.2, 0.25) is 0 Å². The van der Waals surface area contributed by atoms with Crippen molar-refractivity contribution in [3.05, 3.63) is 0 Å². The Morgan fingerprint density at radius 1 is 1.53 bits per heavy atom. The van der Waals surface area contributed by atoms with E-state index in [1.165, 1.54) is 19.3 Å². The topological polar surface area (TPSA) is 46.3 Å². The molecule has 102 valence electrons. The summed E-state index contributed by atoms with van der Waals surface area (Å²) in [5.74, 6) is 0.216. The van der Waals surface area contributed by atoms with Crippen LogP contribution in [-0.4, -0.2) is 30.4 Å². The highest BCUT2D eigenvalue weighted by Gasteiger charge is 2.33. The van der Waals surface area contributed by atoms with Gasteiger partial charge in [-0.05, 0) is 24.7 Å². The summed E-state index contributed by atoms with van der Waals surface area (Å²) >= 11 is 0. The lowest BCUT2D eigenvalue weighted by molar-refractivity contribution is -0.138. The monoisotopic (exact) mass is 262 g/mol. The van der Waals surface area contributed by atoms with Gasteiger partial charge in [-0.2, -0.15) is 0 Å². The smallest absolute Gasteiger partial charge is 0.226 e. The van der Waals surface area contributed by atoms with Gasteiger partial charge >= 0.3 is 0 Å². The maximum atomic E-state index is 12.1. The van der Waals surface area contributed by atoms with Gasteiger partial charge in [-0.25, -0.2) is 0 Å². The average Bonchev–Trinajstić information content (AvgIpc) is 2.27. The number of rotatable bonds is 4. The second kappa shape index (κ2) is 7.22. The zero-order chi connectivity index (χ0) is 12.2. The van der Waals surface area contributed by atoms with Crippen molar-refractivity contribution >= 4 is 18.3 Å². The summed E-state index contributed by atoms with van der Waals surface area (Å²) in [5, 5.41) is 0. The molecule has 1 heterocycles. The minimum Gasteiger partial charge on any atom is -0.342 e. The summed E-state index contributed by atoms with van der Waals surface area (Å²) in [6, 6.07) is 0. The van der Waals surface area contributed by atoms with Gasteiger partial charge in [0.15, 0.2) is 0 Å². The first-order valence-corrected chi connectivity index (χ1v) is 6.51. The normalized spacial score (nSPS) is 26.2. The van der Waals surface area contributed by atoms with E-state index in [9.17, 15) is 4.79 Å². The summed E-state index contributed by atoms with van der Waals surface area (Å²) in [6.45, 7) is 8.75. The Bertz CT molecular complexity index is 244. The van der Waals surface area contributed by atoms with Gasteiger partial charge in [0, 0.05) is 25.6 Å². The van der Waals surface area contributed by atoms with Crippen LogP contribution in [0.25, 0.3) is 0 Å². The number of hydrogen-bond acceptors (Lipinski definition) is 2. The van der Waals surface area contributed by atoms with Gasteiger partial charge in [-0.1, -0.05) is 27.2 Å². The molecule has 17 heavy (non-hydrogen) atoms. The molecule has 0 radical (unpaired) electrons. The number of amides is 1. The predicted octanol–water partition coefficient (Wildman–Crippen LogP) is 2.43. The highest BCUT2D eigenvalue weighted by Crippen LogP contribution is 2.34. The number of likely N-dealkylation sites (tertiary alicyclic amines) is 1. The first kappa shape index (κ1) is 16.7. The molecule has 1 rings (SSSR count). The Morgan fingerprint density at radius 3 is 2.71 bits per heavy atom. The predicted molar refractivity (Wildman–Crippen MR) is 74.3 cm³/mol. The van der Waals surface area contributed by atoms with E-state index < -0.39 is 0 Å². The summed E-state index contributed by atoms with van der Waals surface area (Å²) < 4.78 is 0. The molecule has 0 aliphatic carbocycles. The van der Waals surface area contributed by atoms with Crippen molar-refractivity contribution < 1.29 is 4.79 Å². The van der Waals surface area contributed by atoms with E-state index in [0.29, 0.717) is 12.0 Å². The van der Waals surface area contributed by atoms with E-state index in [0.717, 1.165) is 19.5 Å². The molecule has 0 bridgehead atoms. The second-order valence-corrected chi connectivity index (χ2v) is 5.56. The zero-order valence-corrected chi connectivity index (χ0v) is 12.2. The minimum atomic E-state index is -0.0241. The van der Waals surface area contributed by atoms with Gasteiger partial charge < -0.3 is 10.6 Å². The van der Waals surface area contributed by atoms with Crippen molar-refractivity contribution in [2.45, 2.75) is 46.5 Å². The molecule has 2 unspecified atom stereocenters. The fraction of sp³-hybridized carbons (Fsp3) is 0.923. The summed E-state index contributed by atoms with van der Waals surface area (Å²) in [6.07, 6.45) is 4.81. The van der Waals surface area contributed by atoms with E-state index in [2.05, 4.69) is 13.8 Å². The van der Waals surface area contributed by atoms with Crippen molar-refractivity contribution in [1.82, 2.24) is 4.90 Å². The molecule has 2 N–H and O–H groups in total. The molecule has 3 nitrogen and oxygen atoms in total. The Morgan fingerprint density at radius 2 is 2.18 bits per heavy atom. The van der Waals surface area contributed by atoms with Crippen molar-refractivity contribution in [2.75, 3.05) is 19.6 Å². The zero-order valence-electron chi connectivity index (χ0n) is 11.4. The fourth-order valence-electron chi connectivity index (χ4n) is 2.72. The van der Waals surface area contributed by atoms with E-state index >= 15 is 0 Å². The van der Waals surface area contributed by atoms with Crippen molar-refractivity contribution in [1.29, 1.82) is 0 Å². The quantitative estimate of drug-likeness (QED) is 0.846. The van der Waals surface area contributed by atoms with E-state index in [1.54, 1.807) is 0 Å². The highest BCUT2D eigenvalue weighted by atomic mass is 35.5. The summed E-state index contributed by atoms with van der Waals surface area (Å²) in [7, 11) is 0. The number of nitrogens with two attached hydrogens (primary N) is 1. The third-order valence-corrected chi connectivity index (χ3v) is 3.72. The van der Waals surface area contributed by atoms with Crippen molar-refractivity contribution in [3.63, 3.8) is 0 Å². The lowest BCUT2D eigenvalue weighted by Gasteiger charge is -2.41. The number of carbonyl (C=O) groups is 1. The first-order valence-electron chi connectivity index (χ1n) is 6.51. The lowest BCUT2D eigenvalue weighted by Crippen LogP contribution is -2.47. The molecule has 4 heteroatoms. The van der Waals surface area contributed by atoms with Crippen LogP contribution in [-0.2, 0) is 4.79 Å². The van der Waals surface area contributed by atoms with Gasteiger partial charge in [0.25, 0.3) is 0 Å². The van der Waals surface area contributed by atoms with Gasteiger partial charge in [0.05, 0.1) is 0 Å². The van der Waals surface area contributed by atoms with Gasteiger partial charge in [-0.3, -0.25) is 4.79 Å². The number of piperidine rings is 1. The van der Waals surface area contributed by atoms with Crippen LogP contribution >= 0.6 is 12.4 Å². The molecule has 1 saturated heterocycles. The molecular weight excluding hydrogens is 236 g/mol. The standard InChI is InChI=1S/C13H26N2O.ClH/c1-4-6-13(3)7-5-8-15(10-13)12(16)11(2)9-14;/h11H,4-10,14H2,1-3H3;1H. The lowest BCUT2D eigenvalue weighted by atomic mass is 9.78. The third-order valence-electron chi connectivity index (χ3n) is 3.72. The van der Waals surface area contributed by atoms with Crippen LogP contribution < -0.4 is 5.73 Å². The molecule has 1 aliphatic heterocycles. The molecule has 0 saturated carbocycles. The molecule has 1 aliphatic rings. The fourth-order valence-corrected chi connectivity index (χ4v) is 2.72.